The van der Waals surface area contributed by atoms with E-state index in [1.54, 1.807) is 28.9 Å². The Hall–Kier alpha value is -3.27. The summed E-state index contributed by atoms with van der Waals surface area (Å²) in [7, 11) is -3.75. The molecular weight excluding hydrogens is 446 g/mol. The number of amides is 2. The third kappa shape index (κ3) is 6.61. The fraction of sp³-hybridized carbons (Fsp3) is 0.391. The monoisotopic (exact) mass is 475 g/mol. The van der Waals surface area contributed by atoms with Crippen molar-refractivity contribution in [3.8, 4) is 5.75 Å². The van der Waals surface area contributed by atoms with Crippen molar-refractivity contribution >= 4 is 27.7 Å². The third-order valence-corrected chi connectivity index (χ3v) is 6.53. The SMILES string of the molecule is CCOC(=O)N1CCN(C(=O)COc2ccc(S(=O)(=O)Nc3cc(C)cc(C)c3)cc2)CC1. The lowest BCUT2D eigenvalue weighted by molar-refractivity contribution is -0.134. The van der Waals surface area contributed by atoms with Gasteiger partial charge in [0.1, 0.15) is 5.75 Å². The quantitative estimate of drug-likeness (QED) is 0.660. The first-order valence-corrected chi connectivity index (χ1v) is 12.2. The summed E-state index contributed by atoms with van der Waals surface area (Å²) in [6.45, 7) is 7.31. The molecule has 0 unspecified atom stereocenters. The van der Waals surface area contributed by atoms with Gasteiger partial charge in [-0.05, 0) is 68.3 Å². The lowest BCUT2D eigenvalue weighted by atomic mass is 10.1. The van der Waals surface area contributed by atoms with Gasteiger partial charge in [0.15, 0.2) is 6.61 Å². The smallest absolute Gasteiger partial charge is 0.409 e. The summed E-state index contributed by atoms with van der Waals surface area (Å²) in [5, 5.41) is 0. The molecule has 1 fully saturated rings. The van der Waals surface area contributed by atoms with Gasteiger partial charge in [-0.15, -0.1) is 0 Å². The minimum Gasteiger partial charge on any atom is -0.484 e. The summed E-state index contributed by atoms with van der Waals surface area (Å²) in [5.74, 6) is 0.186. The summed E-state index contributed by atoms with van der Waals surface area (Å²) in [4.78, 5) is 27.5. The summed E-state index contributed by atoms with van der Waals surface area (Å²) < 4.78 is 38.4. The Morgan fingerprint density at radius 3 is 2.09 bits per heavy atom. The van der Waals surface area contributed by atoms with Gasteiger partial charge in [-0.1, -0.05) is 6.07 Å². The number of benzene rings is 2. The van der Waals surface area contributed by atoms with Gasteiger partial charge in [-0.2, -0.15) is 0 Å². The molecule has 0 radical (unpaired) electrons. The lowest BCUT2D eigenvalue weighted by Gasteiger charge is -2.33. The largest absolute Gasteiger partial charge is 0.484 e. The zero-order chi connectivity index (χ0) is 24.0. The van der Waals surface area contributed by atoms with Crippen LogP contribution in [0, 0.1) is 13.8 Å². The maximum Gasteiger partial charge on any atom is 0.409 e. The molecule has 2 aromatic rings. The van der Waals surface area contributed by atoms with Crippen LogP contribution in [0.25, 0.3) is 0 Å². The van der Waals surface area contributed by atoms with E-state index in [1.165, 1.54) is 24.3 Å². The third-order valence-electron chi connectivity index (χ3n) is 5.13. The number of ether oxygens (including phenoxy) is 2. The number of carbonyl (C=O) groups is 2. The maximum absolute atomic E-state index is 12.7. The highest BCUT2D eigenvalue weighted by Gasteiger charge is 2.25. The maximum atomic E-state index is 12.7. The van der Waals surface area contributed by atoms with Crippen LogP contribution in [0.5, 0.6) is 5.75 Å². The van der Waals surface area contributed by atoms with Crippen molar-refractivity contribution in [3.63, 3.8) is 0 Å². The molecule has 3 rings (SSSR count). The molecule has 0 aliphatic carbocycles. The molecule has 178 valence electrons. The summed E-state index contributed by atoms with van der Waals surface area (Å²) >= 11 is 0. The molecule has 1 N–H and O–H groups in total. The molecule has 2 aromatic carbocycles. The number of aryl methyl sites for hydroxylation is 2. The van der Waals surface area contributed by atoms with E-state index in [0.29, 0.717) is 44.2 Å². The number of sulfonamides is 1. The van der Waals surface area contributed by atoms with Gasteiger partial charge < -0.3 is 19.3 Å². The highest BCUT2D eigenvalue weighted by Crippen LogP contribution is 2.21. The van der Waals surface area contributed by atoms with Gasteiger partial charge in [0.05, 0.1) is 11.5 Å². The van der Waals surface area contributed by atoms with Crippen LogP contribution in [0.2, 0.25) is 0 Å². The number of nitrogens with zero attached hydrogens (tertiary/aromatic N) is 2. The molecule has 0 bridgehead atoms. The average Bonchev–Trinajstić information content (AvgIpc) is 2.77. The normalized spacial score (nSPS) is 14.0. The predicted octanol–water partition coefficient (Wildman–Crippen LogP) is 2.78. The molecule has 0 atom stereocenters. The van der Waals surface area contributed by atoms with Crippen LogP contribution < -0.4 is 9.46 Å². The first-order chi connectivity index (χ1) is 15.7. The van der Waals surface area contributed by atoms with Crippen molar-refractivity contribution in [1.82, 2.24) is 9.80 Å². The van der Waals surface area contributed by atoms with E-state index in [2.05, 4.69) is 4.72 Å². The molecule has 1 heterocycles. The Bertz CT molecular complexity index is 1070. The molecule has 0 aromatic heterocycles. The number of hydrogen-bond acceptors (Lipinski definition) is 6. The van der Waals surface area contributed by atoms with E-state index in [9.17, 15) is 18.0 Å². The minimum atomic E-state index is -3.75. The number of piperazine rings is 1. The van der Waals surface area contributed by atoms with Gasteiger partial charge in [-0.3, -0.25) is 9.52 Å². The van der Waals surface area contributed by atoms with E-state index in [4.69, 9.17) is 9.47 Å². The van der Waals surface area contributed by atoms with Crippen molar-refractivity contribution in [2.45, 2.75) is 25.7 Å². The van der Waals surface area contributed by atoms with Crippen LogP contribution in [-0.2, 0) is 19.6 Å². The molecule has 0 spiro atoms. The highest BCUT2D eigenvalue weighted by atomic mass is 32.2. The van der Waals surface area contributed by atoms with Gasteiger partial charge in [0.25, 0.3) is 15.9 Å². The second-order valence-corrected chi connectivity index (χ2v) is 9.49. The van der Waals surface area contributed by atoms with Crippen LogP contribution in [0.15, 0.2) is 47.4 Å². The fourth-order valence-corrected chi connectivity index (χ4v) is 4.59. The molecule has 0 saturated carbocycles. The Labute approximate surface area is 194 Å². The van der Waals surface area contributed by atoms with E-state index in [1.807, 2.05) is 19.9 Å². The standard InChI is InChI=1S/C23H29N3O6S/c1-4-31-23(28)26-11-9-25(10-12-26)22(27)16-32-20-5-7-21(8-6-20)33(29,30)24-19-14-17(2)13-18(3)15-19/h5-8,13-15,24H,4,9-12,16H2,1-3H3. The Morgan fingerprint density at radius 2 is 1.52 bits per heavy atom. The van der Waals surface area contributed by atoms with E-state index >= 15 is 0 Å². The van der Waals surface area contributed by atoms with Crippen molar-refractivity contribution in [2.24, 2.45) is 0 Å². The van der Waals surface area contributed by atoms with Gasteiger partial charge in [0, 0.05) is 31.9 Å². The van der Waals surface area contributed by atoms with Gasteiger partial charge >= 0.3 is 6.09 Å². The lowest BCUT2D eigenvalue weighted by Crippen LogP contribution is -2.51. The zero-order valence-corrected chi connectivity index (χ0v) is 19.9. The molecule has 1 saturated heterocycles. The molecule has 2 amide bonds. The number of carbonyl (C=O) groups excluding carboxylic acids is 2. The highest BCUT2D eigenvalue weighted by molar-refractivity contribution is 7.92. The zero-order valence-electron chi connectivity index (χ0n) is 19.0. The second-order valence-electron chi connectivity index (χ2n) is 7.81. The molecule has 1 aliphatic heterocycles. The Balaban J connectivity index is 1.52. The topological polar surface area (TPSA) is 105 Å². The van der Waals surface area contributed by atoms with Crippen molar-refractivity contribution in [2.75, 3.05) is 44.1 Å². The molecule has 33 heavy (non-hydrogen) atoms. The molecule has 9 nitrogen and oxygen atoms in total. The van der Waals surface area contributed by atoms with Crippen molar-refractivity contribution in [3.05, 3.63) is 53.6 Å². The van der Waals surface area contributed by atoms with E-state index < -0.39 is 10.0 Å². The van der Waals surface area contributed by atoms with Crippen LogP contribution in [0.3, 0.4) is 0 Å². The van der Waals surface area contributed by atoms with Crippen LogP contribution in [-0.4, -0.2) is 69.6 Å². The summed E-state index contributed by atoms with van der Waals surface area (Å²) in [5.41, 5.74) is 2.42. The van der Waals surface area contributed by atoms with Crippen molar-refractivity contribution in [1.29, 1.82) is 0 Å². The summed E-state index contributed by atoms with van der Waals surface area (Å²) in [6.07, 6.45) is -0.372. The van der Waals surface area contributed by atoms with Crippen LogP contribution in [0.1, 0.15) is 18.1 Å². The first kappa shape index (κ1) is 24.4. The first-order valence-electron chi connectivity index (χ1n) is 10.7. The Kier molecular flexibility index (Phi) is 7.80. The van der Waals surface area contributed by atoms with E-state index in [-0.39, 0.29) is 23.5 Å². The molecular formula is C23H29N3O6S. The second kappa shape index (κ2) is 10.6. The van der Waals surface area contributed by atoms with E-state index in [0.717, 1.165) is 11.1 Å². The number of nitrogens with one attached hydrogen (secondary N) is 1. The van der Waals surface area contributed by atoms with Gasteiger partial charge in [-0.25, -0.2) is 13.2 Å². The molecule has 1 aliphatic rings. The average molecular weight is 476 g/mol. The number of anilines is 1. The van der Waals surface area contributed by atoms with Crippen LogP contribution in [0.4, 0.5) is 10.5 Å². The molecule has 10 heteroatoms. The summed E-state index contributed by atoms with van der Waals surface area (Å²) in [6, 6.07) is 11.4. The van der Waals surface area contributed by atoms with Crippen LogP contribution >= 0.6 is 0 Å². The Morgan fingerprint density at radius 1 is 0.939 bits per heavy atom. The number of hydrogen-bond donors (Lipinski definition) is 1. The van der Waals surface area contributed by atoms with Gasteiger partial charge in [0.2, 0.25) is 0 Å². The minimum absolute atomic E-state index is 0.0930. The fourth-order valence-electron chi connectivity index (χ4n) is 3.55. The van der Waals surface area contributed by atoms with Crippen molar-refractivity contribution < 1.29 is 27.5 Å². The number of rotatable bonds is 7. The predicted molar refractivity (Wildman–Crippen MR) is 124 cm³/mol.